The Morgan fingerprint density at radius 1 is 0.846 bits per heavy atom. The molecule has 2 fully saturated rings. The highest BCUT2D eigenvalue weighted by Crippen LogP contribution is 2.35. The number of nitrogens with two attached hydrogens (primary N) is 1. The van der Waals surface area contributed by atoms with Gasteiger partial charge in [0.05, 0.1) is 17.6 Å². The third-order valence-corrected chi connectivity index (χ3v) is 8.02. The van der Waals surface area contributed by atoms with Gasteiger partial charge in [0.25, 0.3) is 0 Å². The Morgan fingerprint density at radius 3 is 2.08 bits per heavy atom. The molecular weight excluding hydrogens is 484 g/mol. The predicted octanol–water partition coefficient (Wildman–Crippen LogP) is 6.41. The van der Waals surface area contributed by atoms with Gasteiger partial charge in [0.2, 0.25) is 11.8 Å². The van der Waals surface area contributed by atoms with Crippen LogP contribution in [0.2, 0.25) is 0 Å². The van der Waals surface area contributed by atoms with E-state index < -0.39 is 5.54 Å². The lowest BCUT2D eigenvalue weighted by molar-refractivity contribution is -0.122. The highest BCUT2D eigenvalue weighted by Gasteiger charge is 2.28. The van der Waals surface area contributed by atoms with Crippen molar-refractivity contribution < 1.29 is 9.59 Å². The van der Waals surface area contributed by atoms with Gasteiger partial charge in [-0.15, -0.1) is 0 Å². The van der Waals surface area contributed by atoms with Gasteiger partial charge in [-0.3, -0.25) is 14.6 Å². The van der Waals surface area contributed by atoms with E-state index in [0.29, 0.717) is 30.4 Å². The molecule has 5 rings (SSSR count). The highest BCUT2D eigenvalue weighted by atomic mass is 16.2. The lowest BCUT2D eigenvalue weighted by atomic mass is 9.84. The van der Waals surface area contributed by atoms with Crippen molar-refractivity contribution >= 4 is 17.5 Å². The molecule has 3 aromatic rings. The summed E-state index contributed by atoms with van der Waals surface area (Å²) in [7, 11) is 0. The minimum atomic E-state index is -0.411. The Hall–Kier alpha value is -3.51. The zero-order valence-corrected chi connectivity index (χ0v) is 23.1. The number of benzene rings is 2. The van der Waals surface area contributed by atoms with Crippen LogP contribution in [0.3, 0.4) is 0 Å². The fraction of sp³-hybridized carbons (Fsp3) is 0.424. The molecule has 4 N–H and O–H groups in total. The van der Waals surface area contributed by atoms with Crippen molar-refractivity contribution in [2.45, 2.75) is 76.8 Å². The third-order valence-electron chi connectivity index (χ3n) is 8.02. The summed E-state index contributed by atoms with van der Waals surface area (Å²) in [6.45, 7) is 3.99. The van der Waals surface area contributed by atoms with Crippen molar-refractivity contribution in [3.8, 4) is 22.4 Å². The number of nitrogens with one attached hydrogen (secondary N) is 2. The van der Waals surface area contributed by atoms with E-state index in [9.17, 15) is 9.59 Å². The summed E-state index contributed by atoms with van der Waals surface area (Å²) in [5.74, 6) is 1.16. The fourth-order valence-corrected chi connectivity index (χ4v) is 5.51. The molecule has 39 heavy (non-hydrogen) atoms. The summed E-state index contributed by atoms with van der Waals surface area (Å²) in [6, 6.07) is 20.6. The third kappa shape index (κ3) is 7.33. The minimum Gasteiger partial charge on any atom is -0.353 e. The zero-order chi connectivity index (χ0) is 27.4. The molecule has 0 spiro atoms. The molecule has 2 aliphatic rings. The largest absolute Gasteiger partial charge is 0.353 e. The summed E-state index contributed by atoms with van der Waals surface area (Å²) < 4.78 is 0. The van der Waals surface area contributed by atoms with Gasteiger partial charge in [0.15, 0.2) is 0 Å². The van der Waals surface area contributed by atoms with Crippen LogP contribution in [0.4, 0.5) is 5.69 Å². The Labute approximate surface area is 231 Å². The first-order valence-electron chi connectivity index (χ1n) is 14.3. The van der Waals surface area contributed by atoms with Crippen molar-refractivity contribution in [3.63, 3.8) is 0 Å². The van der Waals surface area contributed by atoms with Crippen LogP contribution in [0, 0.1) is 11.8 Å². The van der Waals surface area contributed by atoms with Crippen LogP contribution in [-0.4, -0.2) is 22.8 Å². The summed E-state index contributed by atoms with van der Waals surface area (Å²) in [5.41, 5.74) is 11.5. The van der Waals surface area contributed by atoms with E-state index in [1.165, 1.54) is 12.8 Å². The second-order valence-corrected chi connectivity index (χ2v) is 12.0. The maximum atomic E-state index is 13.0. The summed E-state index contributed by atoms with van der Waals surface area (Å²) >= 11 is 0. The molecule has 2 amide bonds. The number of hydrogen-bond donors (Lipinski definition) is 3. The number of pyridine rings is 1. The molecule has 0 aliphatic heterocycles. The van der Waals surface area contributed by atoms with E-state index in [1.807, 2.05) is 38.1 Å². The number of rotatable bonds is 9. The van der Waals surface area contributed by atoms with Gasteiger partial charge in [0.1, 0.15) is 0 Å². The number of aromatic nitrogens is 1. The first-order chi connectivity index (χ1) is 18.7. The SMILES string of the molecule is CC(C)(N)c1ccc(-c2ncc(NC(=O)CC3CCC(NC(=O)CC4CC4)CC3)cc2-c2ccccc2)cc1. The molecule has 0 saturated heterocycles. The molecule has 1 aromatic heterocycles. The Morgan fingerprint density at radius 2 is 1.46 bits per heavy atom. The number of amides is 2. The topological polar surface area (TPSA) is 97.1 Å². The quantitative estimate of drug-likeness (QED) is 0.301. The molecule has 2 aromatic carbocycles. The van der Waals surface area contributed by atoms with Crippen LogP contribution in [0.15, 0.2) is 66.9 Å². The Balaban J connectivity index is 1.23. The Bertz CT molecular complexity index is 1290. The van der Waals surface area contributed by atoms with Crippen LogP contribution in [-0.2, 0) is 15.1 Å². The molecule has 6 heteroatoms. The van der Waals surface area contributed by atoms with Crippen LogP contribution >= 0.6 is 0 Å². The first kappa shape index (κ1) is 27.1. The van der Waals surface area contributed by atoms with Crippen molar-refractivity contribution in [3.05, 3.63) is 72.4 Å². The van der Waals surface area contributed by atoms with Gasteiger partial charge < -0.3 is 16.4 Å². The van der Waals surface area contributed by atoms with E-state index >= 15 is 0 Å². The van der Waals surface area contributed by atoms with Crippen LogP contribution in [0.25, 0.3) is 22.4 Å². The smallest absolute Gasteiger partial charge is 0.224 e. The fourth-order valence-electron chi connectivity index (χ4n) is 5.51. The van der Waals surface area contributed by atoms with Gasteiger partial charge >= 0.3 is 0 Å². The number of hydrogen-bond acceptors (Lipinski definition) is 4. The molecule has 2 saturated carbocycles. The number of carbonyl (C=O) groups is 2. The minimum absolute atomic E-state index is 0.0133. The summed E-state index contributed by atoms with van der Waals surface area (Å²) in [6.07, 6.45) is 9.12. The molecule has 0 bridgehead atoms. The van der Waals surface area contributed by atoms with E-state index in [1.54, 1.807) is 6.20 Å². The number of nitrogens with zero attached hydrogens (tertiary/aromatic N) is 1. The second-order valence-electron chi connectivity index (χ2n) is 12.0. The maximum absolute atomic E-state index is 13.0. The van der Waals surface area contributed by atoms with Crippen molar-refractivity contribution in [1.29, 1.82) is 0 Å². The average molecular weight is 525 g/mol. The summed E-state index contributed by atoms with van der Waals surface area (Å²) in [5, 5.41) is 6.29. The van der Waals surface area contributed by atoms with Gasteiger partial charge in [-0.1, -0.05) is 54.6 Å². The van der Waals surface area contributed by atoms with Gasteiger partial charge in [0, 0.05) is 35.5 Å². The molecule has 0 radical (unpaired) electrons. The van der Waals surface area contributed by atoms with Gasteiger partial charge in [-0.05, 0) is 81.4 Å². The van der Waals surface area contributed by atoms with Crippen molar-refractivity contribution in [2.75, 3.05) is 5.32 Å². The van der Waals surface area contributed by atoms with Crippen LogP contribution < -0.4 is 16.4 Å². The van der Waals surface area contributed by atoms with E-state index in [-0.39, 0.29) is 17.9 Å². The number of carbonyl (C=O) groups excluding carboxylic acids is 2. The van der Waals surface area contributed by atoms with Gasteiger partial charge in [-0.2, -0.15) is 0 Å². The van der Waals surface area contributed by atoms with Crippen molar-refractivity contribution in [1.82, 2.24) is 10.3 Å². The van der Waals surface area contributed by atoms with E-state index in [2.05, 4.69) is 47.0 Å². The lowest BCUT2D eigenvalue weighted by Crippen LogP contribution is -2.38. The standard InChI is InChI=1S/C33H40N4O2/c1-33(2,34)26-14-12-25(13-15-26)32-29(24-6-4-3-5-7-24)20-28(21-35-32)37-31(39)19-23-10-16-27(17-11-23)36-30(38)18-22-8-9-22/h3-7,12-15,20-23,27H,8-11,16-19,34H2,1-2H3,(H,36,38)(H,37,39). The monoisotopic (exact) mass is 524 g/mol. The average Bonchev–Trinajstić information content (AvgIpc) is 3.74. The zero-order valence-electron chi connectivity index (χ0n) is 23.1. The van der Waals surface area contributed by atoms with Crippen molar-refractivity contribution in [2.24, 2.45) is 17.6 Å². The first-order valence-corrected chi connectivity index (χ1v) is 14.3. The van der Waals surface area contributed by atoms with E-state index in [4.69, 9.17) is 10.7 Å². The lowest BCUT2D eigenvalue weighted by Gasteiger charge is -2.29. The molecule has 0 unspecified atom stereocenters. The maximum Gasteiger partial charge on any atom is 0.224 e. The highest BCUT2D eigenvalue weighted by molar-refractivity contribution is 5.93. The molecule has 6 nitrogen and oxygen atoms in total. The predicted molar refractivity (Wildman–Crippen MR) is 157 cm³/mol. The van der Waals surface area contributed by atoms with E-state index in [0.717, 1.165) is 53.6 Å². The normalized spacial score (nSPS) is 19.4. The van der Waals surface area contributed by atoms with Crippen LogP contribution in [0.5, 0.6) is 0 Å². The molecule has 1 heterocycles. The molecule has 0 atom stereocenters. The molecule has 204 valence electrons. The second kappa shape index (κ2) is 11.7. The molecule has 2 aliphatic carbocycles. The molecular formula is C33H40N4O2. The summed E-state index contributed by atoms with van der Waals surface area (Å²) in [4.78, 5) is 29.9. The van der Waals surface area contributed by atoms with Crippen LogP contribution in [0.1, 0.15) is 70.8 Å². The van der Waals surface area contributed by atoms with Gasteiger partial charge in [-0.25, -0.2) is 0 Å². The Kier molecular flexibility index (Phi) is 8.12. The number of anilines is 1.